The molecule has 2 amide bonds. The number of urea groups is 1. The lowest BCUT2D eigenvalue weighted by Gasteiger charge is -2.14. The Morgan fingerprint density at radius 1 is 1.67 bits per heavy atom. The minimum absolute atomic E-state index is 0.0254. The molecular weight excluding hydrogens is 212 g/mol. The number of hydrogen-bond acceptors (Lipinski definition) is 3. The number of aliphatic hydroxyl groups is 1. The Balaban J connectivity index is 2.24. The summed E-state index contributed by atoms with van der Waals surface area (Å²) in [4.78, 5) is 11.3. The van der Waals surface area contributed by atoms with Crippen LogP contribution >= 0.6 is 11.3 Å². The van der Waals surface area contributed by atoms with Gasteiger partial charge in [-0.1, -0.05) is 6.92 Å². The Kier molecular flexibility index (Phi) is 5.14. The Hall–Kier alpha value is -1.07. The van der Waals surface area contributed by atoms with E-state index in [1.54, 1.807) is 11.3 Å². The molecule has 15 heavy (non-hydrogen) atoms. The molecule has 0 spiro atoms. The third kappa shape index (κ3) is 4.31. The van der Waals surface area contributed by atoms with Crippen LogP contribution in [0.25, 0.3) is 0 Å². The summed E-state index contributed by atoms with van der Waals surface area (Å²) in [6.45, 7) is 2.42. The number of amides is 2. The minimum Gasteiger partial charge on any atom is -0.394 e. The molecule has 0 saturated heterocycles. The van der Waals surface area contributed by atoms with Gasteiger partial charge in [-0.15, -0.1) is 0 Å². The third-order valence-electron chi connectivity index (χ3n) is 2.08. The summed E-state index contributed by atoms with van der Waals surface area (Å²) in [5.74, 6) is 0. The number of carbonyl (C=O) groups excluding carboxylic acids is 1. The van der Waals surface area contributed by atoms with Crippen molar-refractivity contribution in [1.82, 2.24) is 10.6 Å². The number of aliphatic hydroxyl groups excluding tert-OH is 1. The van der Waals surface area contributed by atoms with Crippen molar-refractivity contribution in [2.45, 2.75) is 25.9 Å². The molecule has 4 nitrogen and oxygen atoms in total. The van der Waals surface area contributed by atoms with Crippen LogP contribution in [0.4, 0.5) is 4.79 Å². The van der Waals surface area contributed by atoms with Gasteiger partial charge in [-0.05, 0) is 28.8 Å². The number of hydrogen-bond donors (Lipinski definition) is 3. The van der Waals surface area contributed by atoms with Gasteiger partial charge in [-0.25, -0.2) is 4.79 Å². The molecule has 0 aliphatic heterocycles. The predicted molar refractivity (Wildman–Crippen MR) is 60.9 cm³/mol. The number of nitrogens with one attached hydrogen (secondary N) is 2. The third-order valence-corrected chi connectivity index (χ3v) is 2.81. The topological polar surface area (TPSA) is 61.4 Å². The van der Waals surface area contributed by atoms with Gasteiger partial charge in [0.15, 0.2) is 0 Å². The zero-order chi connectivity index (χ0) is 11.1. The van der Waals surface area contributed by atoms with Crippen LogP contribution in [0.15, 0.2) is 16.8 Å². The normalized spacial score (nSPS) is 12.1. The highest BCUT2D eigenvalue weighted by molar-refractivity contribution is 7.07. The van der Waals surface area contributed by atoms with Crippen molar-refractivity contribution in [3.05, 3.63) is 22.4 Å². The zero-order valence-corrected chi connectivity index (χ0v) is 9.51. The van der Waals surface area contributed by atoms with Crippen LogP contribution in [0.5, 0.6) is 0 Å². The molecule has 1 unspecified atom stereocenters. The lowest BCUT2D eigenvalue weighted by Crippen LogP contribution is -2.43. The quantitative estimate of drug-likeness (QED) is 0.711. The summed E-state index contributed by atoms with van der Waals surface area (Å²) in [6, 6.07) is 1.57. The first kappa shape index (κ1) is 12.0. The van der Waals surface area contributed by atoms with Crippen LogP contribution in [0.3, 0.4) is 0 Å². The molecule has 0 aromatic carbocycles. The molecule has 0 aliphatic rings. The number of rotatable bonds is 5. The van der Waals surface area contributed by atoms with Gasteiger partial charge in [-0.3, -0.25) is 0 Å². The van der Waals surface area contributed by atoms with Gasteiger partial charge in [-0.2, -0.15) is 11.3 Å². The summed E-state index contributed by atoms with van der Waals surface area (Å²) in [7, 11) is 0. The molecule has 1 atom stereocenters. The van der Waals surface area contributed by atoms with Crippen molar-refractivity contribution in [2.75, 3.05) is 6.61 Å². The predicted octanol–water partition coefficient (Wildman–Crippen LogP) is 1.32. The smallest absolute Gasteiger partial charge is 0.315 e. The fraction of sp³-hybridized carbons (Fsp3) is 0.500. The fourth-order valence-electron chi connectivity index (χ4n) is 1.09. The lowest BCUT2D eigenvalue weighted by atomic mass is 10.2. The van der Waals surface area contributed by atoms with Crippen molar-refractivity contribution >= 4 is 17.4 Å². The van der Waals surface area contributed by atoms with E-state index in [0.717, 1.165) is 12.0 Å². The zero-order valence-electron chi connectivity index (χ0n) is 8.69. The molecule has 1 rings (SSSR count). The van der Waals surface area contributed by atoms with Gasteiger partial charge in [0.1, 0.15) is 0 Å². The second kappa shape index (κ2) is 6.42. The van der Waals surface area contributed by atoms with Crippen molar-refractivity contribution in [3.63, 3.8) is 0 Å². The standard InChI is InChI=1S/C10H16N2O2S/c1-2-9(6-13)12-10(14)11-5-8-3-4-15-7-8/h3-4,7,9,13H,2,5-6H2,1H3,(H2,11,12,14). The first-order valence-electron chi connectivity index (χ1n) is 4.92. The molecule has 0 aliphatic carbocycles. The Morgan fingerprint density at radius 2 is 2.47 bits per heavy atom. The average molecular weight is 228 g/mol. The van der Waals surface area contributed by atoms with Crippen LogP contribution in [0, 0.1) is 0 Å². The maximum absolute atomic E-state index is 11.3. The molecule has 0 bridgehead atoms. The van der Waals surface area contributed by atoms with Crippen LogP contribution < -0.4 is 10.6 Å². The summed E-state index contributed by atoms with van der Waals surface area (Å²) < 4.78 is 0. The molecule has 1 aromatic rings. The highest BCUT2D eigenvalue weighted by Crippen LogP contribution is 2.04. The minimum atomic E-state index is -0.234. The van der Waals surface area contributed by atoms with E-state index < -0.39 is 0 Å². The molecule has 0 radical (unpaired) electrons. The molecule has 0 fully saturated rings. The Bertz CT molecular complexity index is 284. The van der Waals surface area contributed by atoms with Crippen molar-refractivity contribution in [3.8, 4) is 0 Å². The first-order valence-corrected chi connectivity index (χ1v) is 5.86. The van der Waals surface area contributed by atoms with E-state index in [9.17, 15) is 4.79 Å². The second-order valence-electron chi connectivity index (χ2n) is 3.25. The van der Waals surface area contributed by atoms with Crippen LogP contribution in [0.2, 0.25) is 0 Å². The Labute approximate surface area is 93.3 Å². The molecule has 5 heteroatoms. The van der Waals surface area contributed by atoms with Crippen molar-refractivity contribution in [2.24, 2.45) is 0 Å². The van der Waals surface area contributed by atoms with Gasteiger partial charge in [0.2, 0.25) is 0 Å². The average Bonchev–Trinajstić information content (AvgIpc) is 2.75. The highest BCUT2D eigenvalue weighted by atomic mass is 32.1. The van der Waals surface area contributed by atoms with Gasteiger partial charge in [0, 0.05) is 6.54 Å². The molecular formula is C10H16N2O2S. The summed E-state index contributed by atoms with van der Waals surface area (Å²) in [6.07, 6.45) is 0.725. The van der Waals surface area contributed by atoms with Gasteiger partial charge in [0.25, 0.3) is 0 Å². The van der Waals surface area contributed by atoms with Crippen molar-refractivity contribution < 1.29 is 9.90 Å². The summed E-state index contributed by atoms with van der Waals surface area (Å²) >= 11 is 1.60. The second-order valence-corrected chi connectivity index (χ2v) is 4.03. The first-order chi connectivity index (χ1) is 7.26. The number of thiophene rings is 1. The van der Waals surface area contributed by atoms with E-state index in [0.29, 0.717) is 6.54 Å². The van der Waals surface area contributed by atoms with Crippen LogP contribution in [-0.4, -0.2) is 23.8 Å². The highest BCUT2D eigenvalue weighted by Gasteiger charge is 2.07. The van der Waals surface area contributed by atoms with Crippen molar-refractivity contribution in [1.29, 1.82) is 0 Å². The maximum atomic E-state index is 11.3. The lowest BCUT2D eigenvalue weighted by molar-refractivity contribution is 0.214. The molecule has 3 N–H and O–H groups in total. The van der Waals surface area contributed by atoms with Crippen LogP contribution in [-0.2, 0) is 6.54 Å². The number of carbonyl (C=O) groups is 1. The van der Waals surface area contributed by atoms with E-state index >= 15 is 0 Å². The fourth-order valence-corrected chi connectivity index (χ4v) is 1.76. The SMILES string of the molecule is CCC(CO)NC(=O)NCc1ccsc1. The van der Waals surface area contributed by atoms with E-state index in [2.05, 4.69) is 10.6 Å². The van der Waals surface area contributed by atoms with E-state index in [-0.39, 0.29) is 18.7 Å². The molecule has 0 saturated carbocycles. The summed E-state index contributed by atoms with van der Waals surface area (Å²) in [5, 5.41) is 18.3. The summed E-state index contributed by atoms with van der Waals surface area (Å²) in [5.41, 5.74) is 1.09. The maximum Gasteiger partial charge on any atom is 0.315 e. The van der Waals surface area contributed by atoms with E-state index in [4.69, 9.17) is 5.11 Å². The van der Waals surface area contributed by atoms with Gasteiger partial charge < -0.3 is 15.7 Å². The molecule has 1 heterocycles. The van der Waals surface area contributed by atoms with E-state index in [1.807, 2.05) is 23.8 Å². The molecule has 1 aromatic heterocycles. The van der Waals surface area contributed by atoms with Gasteiger partial charge >= 0.3 is 6.03 Å². The molecule has 84 valence electrons. The largest absolute Gasteiger partial charge is 0.394 e. The van der Waals surface area contributed by atoms with Gasteiger partial charge in [0.05, 0.1) is 12.6 Å². The monoisotopic (exact) mass is 228 g/mol. The Morgan fingerprint density at radius 3 is 3.00 bits per heavy atom. The van der Waals surface area contributed by atoms with E-state index in [1.165, 1.54) is 0 Å². The van der Waals surface area contributed by atoms with Crippen LogP contribution in [0.1, 0.15) is 18.9 Å².